The lowest BCUT2D eigenvalue weighted by atomic mass is 9.70. The number of nitrogens with one attached hydrogen (secondary N) is 2. The van der Waals surface area contributed by atoms with E-state index >= 15 is 0 Å². The smallest absolute Gasteiger partial charge is 0.0379 e. The normalized spacial score (nSPS) is 34.9. The van der Waals surface area contributed by atoms with Crippen molar-refractivity contribution < 1.29 is 0 Å². The first-order valence-corrected chi connectivity index (χ1v) is 8.16. The summed E-state index contributed by atoms with van der Waals surface area (Å²) in [6, 6.07) is 0.700. The summed E-state index contributed by atoms with van der Waals surface area (Å²) in [6.07, 6.45) is 11.4. The van der Waals surface area contributed by atoms with Gasteiger partial charge in [0.1, 0.15) is 0 Å². The Bertz CT molecular complexity index is 613. The van der Waals surface area contributed by atoms with Crippen LogP contribution in [0.1, 0.15) is 39.0 Å². The largest absolute Gasteiger partial charge is 0.385 e. The van der Waals surface area contributed by atoms with Gasteiger partial charge < -0.3 is 10.6 Å². The molecule has 0 radical (unpaired) electrons. The highest BCUT2D eigenvalue weighted by molar-refractivity contribution is 5.62. The molecule has 2 aliphatic heterocycles. The minimum Gasteiger partial charge on any atom is -0.385 e. The second-order valence-electron chi connectivity index (χ2n) is 7.07. The molecule has 0 spiro atoms. The number of hydrogen-bond acceptors (Lipinski definition) is 2. The van der Waals surface area contributed by atoms with E-state index in [1.807, 2.05) is 0 Å². The molecule has 0 saturated heterocycles. The maximum atomic E-state index is 3.80. The van der Waals surface area contributed by atoms with Crippen LogP contribution in [-0.4, -0.2) is 12.6 Å². The zero-order chi connectivity index (χ0) is 13.3. The second-order valence-corrected chi connectivity index (χ2v) is 7.07. The van der Waals surface area contributed by atoms with Crippen LogP contribution in [0.4, 0.5) is 0 Å². The molecule has 1 saturated carbocycles. The van der Waals surface area contributed by atoms with Gasteiger partial charge in [0.2, 0.25) is 0 Å². The fourth-order valence-corrected chi connectivity index (χ4v) is 4.72. The molecule has 2 N–H and O–H groups in total. The van der Waals surface area contributed by atoms with Gasteiger partial charge in [0.05, 0.1) is 0 Å². The molecule has 2 heteroatoms. The van der Waals surface area contributed by atoms with Crippen LogP contribution in [0.15, 0.2) is 45.8 Å². The van der Waals surface area contributed by atoms with Gasteiger partial charge in [-0.25, -0.2) is 0 Å². The van der Waals surface area contributed by atoms with E-state index in [-0.39, 0.29) is 0 Å². The van der Waals surface area contributed by atoms with Gasteiger partial charge in [-0.3, -0.25) is 0 Å². The third-order valence-electron chi connectivity index (χ3n) is 5.70. The van der Waals surface area contributed by atoms with Gasteiger partial charge in [-0.05, 0) is 67.7 Å². The standard InChI is InChI=1S/C18H22N2/c1-10-7-14-13-3-2-4-16-17(13)12(9-19-16)8-15(14)18(20-10)11-5-6-11/h4,7,11,15,18-20H,2-3,5-6,8-9H2,1H3. The summed E-state index contributed by atoms with van der Waals surface area (Å²) >= 11 is 0. The second kappa shape index (κ2) is 3.81. The fourth-order valence-electron chi connectivity index (χ4n) is 4.72. The molecule has 3 aliphatic carbocycles. The summed E-state index contributed by atoms with van der Waals surface area (Å²) in [7, 11) is 0. The van der Waals surface area contributed by atoms with Crippen LogP contribution in [0, 0.1) is 11.8 Å². The average Bonchev–Trinajstić information content (AvgIpc) is 3.22. The van der Waals surface area contributed by atoms with Crippen molar-refractivity contribution in [2.75, 3.05) is 6.54 Å². The van der Waals surface area contributed by atoms with Gasteiger partial charge in [0.15, 0.2) is 0 Å². The van der Waals surface area contributed by atoms with Crippen LogP contribution in [0.2, 0.25) is 0 Å². The first-order valence-electron chi connectivity index (χ1n) is 8.16. The number of hydrogen-bond donors (Lipinski definition) is 2. The van der Waals surface area contributed by atoms with Gasteiger partial charge in [-0.15, -0.1) is 0 Å². The van der Waals surface area contributed by atoms with E-state index < -0.39 is 0 Å². The molecule has 0 aromatic rings. The van der Waals surface area contributed by atoms with Crippen LogP contribution >= 0.6 is 0 Å². The van der Waals surface area contributed by atoms with E-state index in [9.17, 15) is 0 Å². The zero-order valence-corrected chi connectivity index (χ0v) is 12.1. The summed E-state index contributed by atoms with van der Waals surface area (Å²) in [5.41, 5.74) is 9.44. The lowest BCUT2D eigenvalue weighted by molar-refractivity contribution is 0.363. The third-order valence-corrected chi connectivity index (χ3v) is 5.70. The molecule has 0 bridgehead atoms. The predicted octanol–water partition coefficient (Wildman–Crippen LogP) is 3.17. The molecular formula is C18H22N2. The Morgan fingerprint density at radius 3 is 3.00 bits per heavy atom. The van der Waals surface area contributed by atoms with E-state index in [2.05, 4.69) is 29.7 Å². The van der Waals surface area contributed by atoms with Crippen molar-refractivity contribution >= 4 is 0 Å². The minimum absolute atomic E-state index is 0.700. The number of fused-ring (bicyclic) bond motifs is 1. The fraction of sp³-hybridized carbons (Fsp3) is 0.556. The Morgan fingerprint density at radius 2 is 2.15 bits per heavy atom. The highest BCUT2D eigenvalue weighted by Crippen LogP contribution is 2.50. The molecule has 2 unspecified atom stereocenters. The summed E-state index contributed by atoms with van der Waals surface area (Å²) in [4.78, 5) is 0. The third kappa shape index (κ3) is 1.45. The number of rotatable bonds is 1. The molecule has 0 amide bonds. The SMILES string of the molecule is CC1=CC2=C3CCC=C4NCC(=C43)CC2C(C2CC2)N1. The van der Waals surface area contributed by atoms with Gasteiger partial charge in [-0.2, -0.15) is 0 Å². The summed E-state index contributed by atoms with van der Waals surface area (Å²) < 4.78 is 0. The molecular weight excluding hydrogens is 244 g/mol. The lowest BCUT2D eigenvalue weighted by Gasteiger charge is -2.39. The molecule has 2 nitrogen and oxygen atoms in total. The predicted molar refractivity (Wildman–Crippen MR) is 80.9 cm³/mol. The van der Waals surface area contributed by atoms with E-state index in [0.29, 0.717) is 6.04 Å². The quantitative estimate of drug-likeness (QED) is 0.762. The van der Waals surface area contributed by atoms with Crippen molar-refractivity contribution in [3.63, 3.8) is 0 Å². The van der Waals surface area contributed by atoms with Crippen molar-refractivity contribution in [3.05, 3.63) is 45.8 Å². The highest BCUT2D eigenvalue weighted by Gasteiger charge is 2.44. The monoisotopic (exact) mass is 266 g/mol. The molecule has 5 aliphatic rings. The summed E-state index contributed by atoms with van der Waals surface area (Å²) in [5.74, 6) is 1.66. The summed E-state index contributed by atoms with van der Waals surface area (Å²) in [5, 5.41) is 7.42. The summed E-state index contributed by atoms with van der Waals surface area (Å²) in [6.45, 7) is 3.34. The minimum atomic E-state index is 0.700. The van der Waals surface area contributed by atoms with E-state index in [0.717, 1.165) is 18.4 Å². The Labute approximate surface area is 120 Å². The number of allylic oxidation sites excluding steroid dienone is 4. The molecule has 0 aromatic carbocycles. The van der Waals surface area contributed by atoms with Crippen molar-refractivity contribution in [2.45, 2.75) is 45.1 Å². The molecule has 2 heterocycles. The van der Waals surface area contributed by atoms with Gasteiger partial charge in [0.25, 0.3) is 0 Å². The van der Waals surface area contributed by atoms with Crippen LogP contribution in [-0.2, 0) is 0 Å². The van der Waals surface area contributed by atoms with Crippen LogP contribution < -0.4 is 10.6 Å². The molecule has 104 valence electrons. The Kier molecular flexibility index (Phi) is 2.14. The van der Waals surface area contributed by atoms with Gasteiger partial charge in [-0.1, -0.05) is 6.08 Å². The molecule has 0 aromatic heterocycles. The van der Waals surface area contributed by atoms with Crippen LogP contribution in [0.5, 0.6) is 0 Å². The van der Waals surface area contributed by atoms with Gasteiger partial charge >= 0.3 is 0 Å². The Morgan fingerprint density at radius 1 is 1.25 bits per heavy atom. The first kappa shape index (κ1) is 11.2. The maximum Gasteiger partial charge on any atom is 0.0379 e. The first-order chi connectivity index (χ1) is 9.81. The van der Waals surface area contributed by atoms with Crippen molar-refractivity contribution in [2.24, 2.45) is 11.8 Å². The van der Waals surface area contributed by atoms with E-state index in [1.54, 1.807) is 22.3 Å². The van der Waals surface area contributed by atoms with E-state index in [4.69, 9.17) is 0 Å². The Hall–Kier alpha value is -1.44. The lowest BCUT2D eigenvalue weighted by Crippen LogP contribution is -2.42. The highest BCUT2D eigenvalue weighted by atomic mass is 15.0. The maximum absolute atomic E-state index is 3.80. The molecule has 5 rings (SSSR count). The topological polar surface area (TPSA) is 24.1 Å². The van der Waals surface area contributed by atoms with E-state index in [1.165, 1.54) is 43.5 Å². The Balaban J connectivity index is 1.67. The van der Waals surface area contributed by atoms with Crippen molar-refractivity contribution in [3.8, 4) is 0 Å². The van der Waals surface area contributed by atoms with Crippen molar-refractivity contribution in [1.82, 2.24) is 10.6 Å². The molecule has 1 fully saturated rings. The van der Waals surface area contributed by atoms with Crippen LogP contribution in [0.3, 0.4) is 0 Å². The van der Waals surface area contributed by atoms with Gasteiger partial charge in [0, 0.05) is 35.5 Å². The zero-order valence-electron chi connectivity index (χ0n) is 12.1. The van der Waals surface area contributed by atoms with Crippen molar-refractivity contribution in [1.29, 1.82) is 0 Å². The average molecular weight is 266 g/mol. The molecule has 2 atom stereocenters. The van der Waals surface area contributed by atoms with Crippen LogP contribution in [0.25, 0.3) is 0 Å². The molecule has 20 heavy (non-hydrogen) atoms.